The molecule has 2 N–H and O–H groups in total. The van der Waals surface area contributed by atoms with Crippen LogP contribution in [0.5, 0.6) is 0 Å². The third-order valence-corrected chi connectivity index (χ3v) is 0.201. The van der Waals surface area contributed by atoms with Gasteiger partial charge in [-0.05, 0) is 13.0 Å². The number of primary amides is 1. The summed E-state index contributed by atoms with van der Waals surface area (Å²) in [5.41, 5.74) is 4.53. The van der Waals surface area contributed by atoms with E-state index in [0.717, 1.165) is 12.4 Å². The van der Waals surface area contributed by atoms with Gasteiger partial charge in [0.25, 0.3) is 0 Å². The van der Waals surface area contributed by atoms with Gasteiger partial charge in [0, 0.05) is 0 Å². The van der Waals surface area contributed by atoms with Crippen molar-refractivity contribution in [3.63, 3.8) is 0 Å². The molecule has 0 heterocycles. The fraction of sp³-hybridized carbons (Fsp3) is 0.200. The van der Waals surface area contributed by atoms with E-state index in [-0.39, 0.29) is 0 Å². The highest BCUT2D eigenvalue weighted by atomic mass is 16.1. The van der Waals surface area contributed by atoms with Crippen molar-refractivity contribution in [2.24, 2.45) is 5.73 Å². The molecule has 0 unspecified atom stereocenters. The maximum Gasteiger partial charge on any atom is 0.240 e. The Balaban J connectivity index is 0. The van der Waals surface area contributed by atoms with Crippen LogP contribution in [-0.2, 0) is 9.59 Å². The van der Waals surface area contributed by atoms with E-state index >= 15 is 0 Å². The molecule has 0 fully saturated rings. The van der Waals surface area contributed by atoms with E-state index in [2.05, 4.69) is 12.3 Å². The van der Waals surface area contributed by atoms with Gasteiger partial charge in [-0.1, -0.05) is 6.58 Å². The fourth-order valence-corrected chi connectivity index (χ4v) is 0. The van der Waals surface area contributed by atoms with Crippen molar-refractivity contribution in [2.45, 2.75) is 6.92 Å². The molecule has 0 bridgehead atoms. The van der Waals surface area contributed by atoms with Gasteiger partial charge in [0.05, 0.1) is 0 Å². The summed E-state index contributed by atoms with van der Waals surface area (Å²) in [7, 11) is 0. The largest absolute Gasteiger partial charge is 0.366 e. The number of carbonyl (C=O) groups excluding carboxylic acids is 2. The third kappa shape index (κ3) is 94.9. The second-order valence-corrected chi connectivity index (χ2v) is 0.842. The Labute approximate surface area is 48.2 Å². The average molecular weight is 115 g/mol. The van der Waals surface area contributed by atoms with Crippen LogP contribution in [-0.4, -0.2) is 12.2 Å². The molecule has 0 aliphatic rings. The number of nitrogens with two attached hydrogens (primary N) is 1. The highest BCUT2D eigenvalue weighted by Crippen LogP contribution is 1.48. The fourth-order valence-electron chi connectivity index (χ4n) is 0. The molecule has 0 aliphatic heterocycles. The lowest BCUT2D eigenvalue weighted by Gasteiger charge is -1.65. The number of rotatable bonds is 1. The molecule has 0 rings (SSSR count). The minimum Gasteiger partial charge on any atom is -0.366 e. The first kappa shape index (κ1) is 9.99. The Morgan fingerprint density at radius 1 is 1.75 bits per heavy atom. The summed E-state index contributed by atoms with van der Waals surface area (Å²) in [4.78, 5) is 18.3. The molecule has 0 spiro atoms. The van der Waals surface area contributed by atoms with Gasteiger partial charge in [-0.15, -0.1) is 0 Å². The van der Waals surface area contributed by atoms with Crippen molar-refractivity contribution >= 4 is 12.2 Å². The highest BCUT2D eigenvalue weighted by Gasteiger charge is 1.69. The first-order valence-corrected chi connectivity index (χ1v) is 2.00. The number of hydrogen-bond acceptors (Lipinski definition) is 2. The smallest absolute Gasteiger partial charge is 0.240 e. The molecule has 0 aromatic carbocycles. The van der Waals surface area contributed by atoms with Crippen LogP contribution in [0.15, 0.2) is 12.7 Å². The van der Waals surface area contributed by atoms with Crippen LogP contribution < -0.4 is 5.73 Å². The minimum atomic E-state index is -0.481. The number of hydrogen-bond donors (Lipinski definition) is 1. The maximum atomic E-state index is 9.47. The van der Waals surface area contributed by atoms with Gasteiger partial charge in [-0.2, -0.15) is 0 Å². The molecule has 3 nitrogen and oxygen atoms in total. The molecule has 0 radical (unpaired) electrons. The predicted octanol–water partition coefficient (Wildman–Crippen LogP) is -0.137. The van der Waals surface area contributed by atoms with E-state index in [1.807, 2.05) is 0 Å². The molecule has 8 heavy (non-hydrogen) atoms. The third-order valence-electron chi connectivity index (χ3n) is 0.201. The topological polar surface area (TPSA) is 60.2 Å². The zero-order valence-electron chi connectivity index (χ0n) is 4.76. The van der Waals surface area contributed by atoms with Crippen molar-refractivity contribution in [1.29, 1.82) is 0 Å². The first-order chi connectivity index (χ1) is 3.68. The van der Waals surface area contributed by atoms with E-state index < -0.39 is 5.91 Å². The summed E-state index contributed by atoms with van der Waals surface area (Å²) >= 11 is 0. The monoisotopic (exact) mass is 115 g/mol. The van der Waals surface area contributed by atoms with Crippen LogP contribution in [0, 0.1) is 0 Å². The Bertz CT molecular complexity index is 88.4. The summed E-state index contributed by atoms with van der Waals surface area (Å²) in [6.45, 7) is 4.53. The van der Waals surface area contributed by atoms with Gasteiger partial charge in [0.2, 0.25) is 5.91 Å². The standard InChI is InChI=1S/C3H5NO.C2H4O/c1-2-3(4)5;1-2-3/h2H,1H2,(H2,4,5);2H,1H3. The lowest BCUT2D eigenvalue weighted by atomic mass is 10.6. The molecule has 1 amide bonds. The van der Waals surface area contributed by atoms with Crippen molar-refractivity contribution in [1.82, 2.24) is 0 Å². The normalized spacial score (nSPS) is 5.62. The van der Waals surface area contributed by atoms with E-state index in [1.165, 1.54) is 6.92 Å². The Morgan fingerprint density at radius 2 is 1.88 bits per heavy atom. The van der Waals surface area contributed by atoms with Crippen molar-refractivity contribution in [2.75, 3.05) is 0 Å². The van der Waals surface area contributed by atoms with Gasteiger partial charge in [0.1, 0.15) is 6.29 Å². The molecular formula is C5H9NO2. The molecular weight excluding hydrogens is 106 g/mol. The Hall–Kier alpha value is -1.12. The molecule has 0 aromatic rings. The molecule has 46 valence electrons. The summed E-state index contributed by atoms with van der Waals surface area (Å²) in [5.74, 6) is -0.481. The number of aldehydes is 1. The predicted molar refractivity (Wildman–Crippen MR) is 31.1 cm³/mol. The van der Waals surface area contributed by atoms with Gasteiger partial charge in [-0.3, -0.25) is 4.79 Å². The molecule has 0 saturated carbocycles. The molecule has 0 aliphatic carbocycles. The summed E-state index contributed by atoms with van der Waals surface area (Å²) in [5, 5.41) is 0. The second kappa shape index (κ2) is 9.30. The van der Waals surface area contributed by atoms with E-state index in [4.69, 9.17) is 4.79 Å². The Morgan fingerprint density at radius 3 is 1.88 bits per heavy atom. The van der Waals surface area contributed by atoms with Crippen LogP contribution in [0.1, 0.15) is 6.92 Å². The zero-order valence-corrected chi connectivity index (χ0v) is 4.76. The minimum absolute atomic E-state index is 0.481. The van der Waals surface area contributed by atoms with E-state index in [9.17, 15) is 4.79 Å². The summed E-state index contributed by atoms with van der Waals surface area (Å²) in [6, 6.07) is 0. The lowest BCUT2D eigenvalue weighted by Crippen LogP contribution is -2.04. The van der Waals surface area contributed by atoms with Crippen molar-refractivity contribution in [3.8, 4) is 0 Å². The number of carbonyl (C=O) groups is 2. The van der Waals surface area contributed by atoms with Crippen LogP contribution in [0.25, 0.3) is 0 Å². The van der Waals surface area contributed by atoms with Crippen molar-refractivity contribution < 1.29 is 9.59 Å². The van der Waals surface area contributed by atoms with Crippen LogP contribution in [0.3, 0.4) is 0 Å². The van der Waals surface area contributed by atoms with Gasteiger partial charge in [0.15, 0.2) is 0 Å². The van der Waals surface area contributed by atoms with E-state index in [1.54, 1.807) is 0 Å². The molecule has 3 heteroatoms. The van der Waals surface area contributed by atoms with Crippen LogP contribution >= 0.6 is 0 Å². The zero-order chi connectivity index (χ0) is 6.99. The molecule has 0 aromatic heterocycles. The van der Waals surface area contributed by atoms with Crippen molar-refractivity contribution in [3.05, 3.63) is 12.7 Å². The average Bonchev–Trinajstić information content (AvgIpc) is 1.69. The van der Waals surface area contributed by atoms with Gasteiger partial charge >= 0.3 is 0 Å². The molecule has 0 atom stereocenters. The number of amides is 1. The lowest BCUT2D eigenvalue weighted by molar-refractivity contribution is -0.113. The van der Waals surface area contributed by atoms with E-state index in [0.29, 0.717) is 0 Å². The Kier molecular flexibility index (Phi) is 11.6. The van der Waals surface area contributed by atoms with Gasteiger partial charge < -0.3 is 10.5 Å². The first-order valence-electron chi connectivity index (χ1n) is 2.00. The summed E-state index contributed by atoms with van der Waals surface area (Å²) in [6.07, 6.45) is 1.81. The molecule has 0 saturated heterocycles. The SMILES string of the molecule is C=CC(N)=O.CC=O. The highest BCUT2D eigenvalue weighted by molar-refractivity contribution is 5.84. The quantitative estimate of drug-likeness (QED) is 0.382. The second-order valence-electron chi connectivity index (χ2n) is 0.842. The maximum absolute atomic E-state index is 9.47. The van der Waals surface area contributed by atoms with Gasteiger partial charge in [-0.25, -0.2) is 0 Å². The van der Waals surface area contributed by atoms with Crippen LogP contribution in [0.2, 0.25) is 0 Å². The summed E-state index contributed by atoms with van der Waals surface area (Å²) < 4.78 is 0. The van der Waals surface area contributed by atoms with Crippen LogP contribution in [0.4, 0.5) is 0 Å².